The number of hydrogen-bond donors (Lipinski definition) is 1. The van der Waals surface area contributed by atoms with Crippen LogP contribution in [0.5, 0.6) is 0 Å². The van der Waals surface area contributed by atoms with Crippen LogP contribution in [-0.2, 0) is 23.7 Å². The molecule has 1 N–H and O–H groups in total. The Hall–Kier alpha value is -1.38. The highest BCUT2D eigenvalue weighted by Crippen LogP contribution is 2.32. The van der Waals surface area contributed by atoms with Crippen molar-refractivity contribution in [3.63, 3.8) is 0 Å². The van der Waals surface area contributed by atoms with Crippen molar-refractivity contribution in [3.8, 4) is 0 Å². The number of hydrogen-bond acceptors (Lipinski definition) is 6. The van der Waals surface area contributed by atoms with E-state index in [1.54, 1.807) is 34.9 Å². The molecule has 1 amide bonds. The molecule has 24 heavy (non-hydrogen) atoms. The van der Waals surface area contributed by atoms with E-state index in [0.717, 1.165) is 0 Å². The van der Waals surface area contributed by atoms with Gasteiger partial charge in [0.15, 0.2) is 0 Å². The van der Waals surface area contributed by atoms with Gasteiger partial charge in [-0.05, 0) is 33.6 Å². The topological polar surface area (TPSA) is 94.5 Å². The van der Waals surface area contributed by atoms with Crippen LogP contribution in [-0.4, -0.2) is 74.0 Å². The maximum atomic E-state index is 12.2. The number of carboxylic acid groups (broad SMARTS) is 1. The third kappa shape index (κ3) is 6.26. The predicted molar refractivity (Wildman–Crippen MR) is 85.7 cm³/mol. The number of amides is 1. The van der Waals surface area contributed by atoms with Crippen LogP contribution in [0.1, 0.15) is 33.6 Å². The zero-order chi connectivity index (χ0) is 18.3. The number of nitrogens with zero attached hydrogens (tertiary/aromatic N) is 1. The number of rotatable bonds is 8. The molecule has 0 saturated heterocycles. The van der Waals surface area contributed by atoms with Gasteiger partial charge in [-0.15, -0.1) is 0 Å². The molecule has 1 fully saturated rings. The van der Waals surface area contributed by atoms with Crippen LogP contribution in [0.4, 0.5) is 4.79 Å². The van der Waals surface area contributed by atoms with Gasteiger partial charge in [-0.25, -0.2) is 4.79 Å². The molecule has 0 unspecified atom stereocenters. The quantitative estimate of drug-likeness (QED) is 0.528. The summed E-state index contributed by atoms with van der Waals surface area (Å²) in [5.41, 5.74) is -0.615. The summed E-state index contributed by atoms with van der Waals surface area (Å²) in [5, 5.41) is 9.37. The Morgan fingerprint density at radius 2 is 1.88 bits per heavy atom. The van der Waals surface area contributed by atoms with Gasteiger partial charge in [0.25, 0.3) is 0 Å². The Morgan fingerprint density at radius 3 is 2.42 bits per heavy atom. The van der Waals surface area contributed by atoms with E-state index in [4.69, 9.17) is 18.9 Å². The summed E-state index contributed by atoms with van der Waals surface area (Å²) >= 11 is 0. The summed E-state index contributed by atoms with van der Waals surface area (Å²) in [6, 6.07) is -0.369. The maximum absolute atomic E-state index is 12.2. The van der Waals surface area contributed by atoms with Gasteiger partial charge in [0, 0.05) is 14.2 Å². The van der Waals surface area contributed by atoms with Gasteiger partial charge in [0.05, 0.1) is 31.3 Å². The Balaban J connectivity index is 2.68. The standard InChI is InChI=1S/C16H29NO7/c1-16(2,3)24-15(20)17(4)12-7-6-11(14(18)19)13(12)23-10-22-9-8-21-5/h11-13H,6-10H2,1-5H3,(H,18,19)/t11-,12+,13+/m0/s1. The van der Waals surface area contributed by atoms with Crippen LogP contribution in [0.2, 0.25) is 0 Å². The molecule has 0 aromatic carbocycles. The van der Waals surface area contributed by atoms with Crippen molar-refractivity contribution in [2.75, 3.05) is 34.2 Å². The van der Waals surface area contributed by atoms with E-state index in [1.807, 2.05) is 0 Å². The second kappa shape index (κ2) is 9.19. The number of carbonyl (C=O) groups is 2. The van der Waals surface area contributed by atoms with Crippen LogP contribution < -0.4 is 0 Å². The van der Waals surface area contributed by atoms with Gasteiger partial charge in [0.1, 0.15) is 12.4 Å². The summed E-state index contributed by atoms with van der Waals surface area (Å²) in [5.74, 6) is -1.61. The maximum Gasteiger partial charge on any atom is 0.410 e. The lowest BCUT2D eigenvalue weighted by molar-refractivity contribution is -0.156. The number of carboxylic acids is 1. The minimum absolute atomic E-state index is 0.0452. The molecule has 0 aromatic rings. The van der Waals surface area contributed by atoms with Crippen LogP contribution in [0.25, 0.3) is 0 Å². The fourth-order valence-electron chi connectivity index (χ4n) is 2.65. The zero-order valence-electron chi connectivity index (χ0n) is 15.1. The molecule has 0 heterocycles. The second-order valence-corrected chi connectivity index (χ2v) is 6.83. The van der Waals surface area contributed by atoms with Crippen LogP contribution in [0, 0.1) is 5.92 Å². The monoisotopic (exact) mass is 347 g/mol. The molecule has 1 aliphatic rings. The Morgan fingerprint density at radius 1 is 1.21 bits per heavy atom. The van der Waals surface area contributed by atoms with E-state index in [2.05, 4.69) is 0 Å². The normalized spacial score (nSPS) is 24.0. The summed E-state index contributed by atoms with van der Waals surface area (Å²) in [6.45, 7) is 6.09. The van der Waals surface area contributed by atoms with Gasteiger partial charge < -0.3 is 29.0 Å². The van der Waals surface area contributed by atoms with Gasteiger partial charge in [0.2, 0.25) is 0 Å². The fourth-order valence-corrected chi connectivity index (χ4v) is 2.65. The molecule has 3 atom stereocenters. The van der Waals surface area contributed by atoms with E-state index in [9.17, 15) is 14.7 Å². The molecule has 0 aliphatic heterocycles. The molecule has 1 aliphatic carbocycles. The molecular weight excluding hydrogens is 318 g/mol. The first-order valence-corrected chi connectivity index (χ1v) is 8.04. The lowest BCUT2D eigenvalue weighted by Gasteiger charge is -2.32. The van der Waals surface area contributed by atoms with E-state index >= 15 is 0 Å². The fraction of sp³-hybridized carbons (Fsp3) is 0.875. The average molecular weight is 347 g/mol. The number of aliphatic carboxylic acids is 1. The highest BCUT2D eigenvalue weighted by Gasteiger charge is 2.45. The first-order valence-electron chi connectivity index (χ1n) is 8.04. The largest absolute Gasteiger partial charge is 0.481 e. The minimum atomic E-state index is -0.933. The number of carbonyl (C=O) groups excluding carboxylic acids is 1. The molecular formula is C16H29NO7. The average Bonchev–Trinajstić information content (AvgIpc) is 2.88. The number of ether oxygens (including phenoxy) is 4. The highest BCUT2D eigenvalue weighted by molar-refractivity contribution is 5.72. The first kappa shape index (κ1) is 20.7. The smallest absolute Gasteiger partial charge is 0.410 e. The van der Waals surface area contributed by atoms with Crippen molar-refractivity contribution < 1.29 is 33.6 Å². The predicted octanol–water partition coefficient (Wildman–Crippen LogP) is 1.72. The zero-order valence-corrected chi connectivity index (χ0v) is 15.1. The van der Waals surface area contributed by atoms with Gasteiger partial charge in [-0.2, -0.15) is 0 Å². The molecule has 1 saturated carbocycles. The van der Waals surface area contributed by atoms with Crippen molar-refractivity contribution in [2.24, 2.45) is 5.92 Å². The van der Waals surface area contributed by atoms with Gasteiger partial charge >= 0.3 is 12.1 Å². The van der Waals surface area contributed by atoms with Crippen molar-refractivity contribution in [3.05, 3.63) is 0 Å². The van der Waals surface area contributed by atoms with Crippen LogP contribution in [0.3, 0.4) is 0 Å². The van der Waals surface area contributed by atoms with Gasteiger partial charge in [-0.1, -0.05) is 0 Å². The number of methoxy groups -OCH3 is 1. The minimum Gasteiger partial charge on any atom is -0.481 e. The summed E-state index contributed by atoms with van der Waals surface area (Å²) in [7, 11) is 3.17. The number of likely N-dealkylation sites (N-methyl/N-ethyl adjacent to an activating group) is 1. The summed E-state index contributed by atoms with van der Waals surface area (Å²) in [4.78, 5) is 25.1. The Labute approximate surface area is 143 Å². The first-order chi connectivity index (χ1) is 11.2. The SMILES string of the molecule is COCCOCO[C@@H]1[C@@H](C(=O)O)CC[C@H]1N(C)C(=O)OC(C)(C)C. The van der Waals surface area contributed by atoms with Crippen molar-refractivity contribution in [1.29, 1.82) is 0 Å². The third-order valence-corrected chi connectivity index (χ3v) is 3.82. The molecule has 140 valence electrons. The van der Waals surface area contributed by atoms with Crippen LogP contribution >= 0.6 is 0 Å². The van der Waals surface area contributed by atoms with Crippen molar-refractivity contribution >= 4 is 12.1 Å². The molecule has 0 spiro atoms. The molecule has 8 nitrogen and oxygen atoms in total. The van der Waals surface area contributed by atoms with Crippen molar-refractivity contribution in [2.45, 2.75) is 51.4 Å². The molecule has 0 aromatic heterocycles. The van der Waals surface area contributed by atoms with Crippen LogP contribution in [0.15, 0.2) is 0 Å². The van der Waals surface area contributed by atoms with E-state index < -0.39 is 29.7 Å². The lowest BCUT2D eigenvalue weighted by Crippen LogP contribution is -2.47. The summed E-state index contributed by atoms with van der Waals surface area (Å²) < 4.78 is 21.1. The third-order valence-electron chi connectivity index (χ3n) is 3.82. The molecule has 1 rings (SSSR count). The van der Waals surface area contributed by atoms with Crippen molar-refractivity contribution in [1.82, 2.24) is 4.90 Å². The highest BCUT2D eigenvalue weighted by atomic mass is 16.7. The van der Waals surface area contributed by atoms with E-state index in [1.165, 1.54) is 4.90 Å². The van der Waals surface area contributed by atoms with Gasteiger partial charge in [-0.3, -0.25) is 4.79 Å². The Bertz CT molecular complexity index is 421. The molecule has 0 radical (unpaired) electrons. The van der Waals surface area contributed by atoms with E-state index in [0.29, 0.717) is 26.1 Å². The second-order valence-electron chi connectivity index (χ2n) is 6.83. The van der Waals surface area contributed by atoms with E-state index in [-0.39, 0.29) is 12.8 Å². The summed E-state index contributed by atoms with van der Waals surface area (Å²) in [6.07, 6.45) is -0.152. The molecule has 0 bridgehead atoms. The molecule has 8 heteroatoms. The lowest BCUT2D eigenvalue weighted by atomic mass is 10.0. The Kier molecular flexibility index (Phi) is 7.92.